The molecule has 0 bridgehead atoms. The third kappa shape index (κ3) is 4.15. The average molecular weight is 338 g/mol. The van der Waals surface area contributed by atoms with Gasteiger partial charge >= 0.3 is 0 Å². The van der Waals surface area contributed by atoms with Crippen LogP contribution in [0, 0.1) is 0 Å². The number of carbonyl (C=O) groups is 1. The van der Waals surface area contributed by atoms with Crippen molar-refractivity contribution in [3.05, 3.63) is 63.6 Å². The molecule has 2 aromatic carbocycles. The zero-order valence-electron chi connectivity index (χ0n) is 12.4. The zero-order valence-corrected chi connectivity index (χ0v) is 13.9. The molecule has 1 amide bonds. The van der Waals surface area contributed by atoms with Gasteiger partial charge in [0, 0.05) is 5.02 Å². The maximum atomic E-state index is 12.3. The Bertz CT molecular complexity index is 656. The summed E-state index contributed by atoms with van der Waals surface area (Å²) >= 11 is 11.9. The molecular formula is C17H17Cl2NO2. The van der Waals surface area contributed by atoms with Gasteiger partial charge in [-0.3, -0.25) is 4.79 Å². The molecule has 0 fully saturated rings. The van der Waals surface area contributed by atoms with Crippen molar-refractivity contribution in [2.75, 3.05) is 6.61 Å². The maximum Gasteiger partial charge on any atom is 0.253 e. The van der Waals surface area contributed by atoms with Crippen LogP contribution in [-0.2, 0) is 0 Å². The third-order valence-electron chi connectivity index (χ3n) is 3.21. The summed E-state index contributed by atoms with van der Waals surface area (Å²) in [4.78, 5) is 12.3. The van der Waals surface area contributed by atoms with Crippen molar-refractivity contribution >= 4 is 29.1 Å². The van der Waals surface area contributed by atoms with E-state index in [-0.39, 0.29) is 11.9 Å². The quantitative estimate of drug-likeness (QED) is 0.843. The molecule has 2 rings (SSSR count). The molecule has 1 atom stereocenters. The molecule has 0 saturated heterocycles. The summed E-state index contributed by atoms with van der Waals surface area (Å²) in [6.07, 6.45) is 0. The molecule has 0 aromatic heterocycles. The van der Waals surface area contributed by atoms with E-state index < -0.39 is 0 Å². The van der Waals surface area contributed by atoms with Crippen LogP contribution >= 0.6 is 23.2 Å². The van der Waals surface area contributed by atoms with Crippen LogP contribution in [0.25, 0.3) is 0 Å². The van der Waals surface area contributed by atoms with E-state index in [0.717, 1.165) is 11.3 Å². The summed E-state index contributed by atoms with van der Waals surface area (Å²) in [6, 6.07) is 12.3. The van der Waals surface area contributed by atoms with Crippen LogP contribution in [0.15, 0.2) is 42.5 Å². The summed E-state index contributed by atoms with van der Waals surface area (Å²) in [5.74, 6) is 0.552. The number of amides is 1. The SMILES string of the molecule is CCOc1ccc(C(C)NC(=O)c2cc(Cl)ccc2Cl)cc1. The number of rotatable bonds is 5. The van der Waals surface area contributed by atoms with E-state index in [9.17, 15) is 4.79 Å². The van der Waals surface area contributed by atoms with Gasteiger partial charge in [0.1, 0.15) is 5.75 Å². The minimum atomic E-state index is -0.256. The Balaban J connectivity index is 2.09. The molecule has 5 heteroatoms. The minimum Gasteiger partial charge on any atom is -0.494 e. The van der Waals surface area contributed by atoms with Crippen molar-refractivity contribution < 1.29 is 9.53 Å². The highest BCUT2D eigenvalue weighted by Crippen LogP contribution is 2.22. The van der Waals surface area contributed by atoms with Gasteiger partial charge in [0.15, 0.2) is 0 Å². The fourth-order valence-corrected chi connectivity index (χ4v) is 2.42. The van der Waals surface area contributed by atoms with E-state index in [1.165, 1.54) is 0 Å². The van der Waals surface area contributed by atoms with Crippen LogP contribution in [0.4, 0.5) is 0 Å². The van der Waals surface area contributed by atoms with Gasteiger partial charge in [-0.1, -0.05) is 35.3 Å². The van der Waals surface area contributed by atoms with E-state index in [1.807, 2.05) is 38.1 Å². The molecular weight excluding hydrogens is 321 g/mol. The van der Waals surface area contributed by atoms with Crippen molar-refractivity contribution in [2.24, 2.45) is 0 Å². The van der Waals surface area contributed by atoms with Crippen molar-refractivity contribution in [2.45, 2.75) is 19.9 Å². The molecule has 0 saturated carbocycles. The number of carbonyl (C=O) groups excluding carboxylic acids is 1. The Hall–Kier alpha value is -1.71. The van der Waals surface area contributed by atoms with E-state index in [1.54, 1.807) is 18.2 Å². The highest BCUT2D eigenvalue weighted by molar-refractivity contribution is 6.35. The van der Waals surface area contributed by atoms with Crippen molar-refractivity contribution in [3.8, 4) is 5.75 Å². The Morgan fingerprint density at radius 2 is 1.86 bits per heavy atom. The van der Waals surface area contributed by atoms with E-state index in [4.69, 9.17) is 27.9 Å². The number of hydrogen-bond donors (Lipinski definition) is 1. The van der Waals surface area contributed by atoms with Gasteiger partial charge in [-0.2, -0.15) is 0 Å². The fourth-order valence-electron chi connectivity index (χ4n) is 2.05. The highest BCUT2D eigenvalue weighted by atomic mass is 35.5. The predicted octanol–water partition coefficient (Wildman–Crippen LogP) is 4.88. The largest absolute Gasteiger partial charge is 0.494 e. The Labute approximate surface area is 140 Å². The van der Waals surface area contributed by atoms with Gasteiger partial charge in [-0.05, 0) is 49.7 Å². The molecule has 0 aliphatic carbocycles. The lowest BCUT2D eigenvalue weighted by Crippen LogP contribution is -2.26. The molecule has 0 aliphatic heterocycles. The van der Waals surface area contributed by atoms with Crippen LogP contribution in [0.2, 0.25) is 10.0 Å². The Kier molecular flexibility index (Phi) is 5.69. The first-order chi connectivity index (χ1) is 10.5. The summed E-state index contributed by atoms with van der Waals surface area (Å²) in [5.41, 5.74) is 1.35. The second-order valence-corrected chi connectivity index (χ2v) is 5.67. The van der Waals surface area contributed by atoms with Crippen molar-refractivity contribution in [3.63, 3.8) is 0 Å². The van der Waals surface area contributed by atoms with Gasteiger partial charge in [0.05, 0.1) is 23.2 Å². The average Bonchev–Trinajstić information content (AvgIpc) is 2.50. The molecule has 116 valence electrons. The first-order valence-electron chi connectivity index (χ1n) is 7.00. The molecule has 3 nitrogen and oxygen atoms in total. The second-order valence-electron chi connectivity index (χ2n) is 4.82. The summed E-state index contributed by atoms with van der Waals surface area (Å²) in [7, 11) is 0. The second kappa shape index (κ2) is 7.52. The number of halogens is 2. The van der Waals surface area contributed by atoms with Gasteiger partial charge in [0.2, 0.25) is 0 Å². The molecule has 1 N–H and O–H groups in total. The van der Waals surface area contributed by atoms with Crippen molar-refractivity contribution in [1.29, 1.82) is 0 Å². The molecule has 0 radical (unpaired) electrons. The Morgan fingerprint density at radius 3 is 2.50 bits per heavy atom. The molecule has 1 unspecified atom stereocenters. The standard InChI is InChI=1S/C17H17Cl2NO2/c1-3-22-14-7-4-12(5-8-14)11(2)20-17(21)15-10-13(18)6-9-16(15)19/h4-11H,3H2,1-2H3,(H,20,21). The fraction of sp³-hybridized carbons (Fsp3) is 0.235. The minimum absolute atomic E-state index is 0.154. The number of hydrogen-bond acceptors (Lipinski definition) is 2. The first kappa shape index (κ1) is 16.7. The normalized spacial score (nSPS) is 11.8. The van der Waals surface area contributed by atoms with Crippen LogP contribution in [0.3, 0.4) is 0 Å². The van der Waals surface area contributed by atoms with E-state index in [2.05, 4.69) is 5.32 Å². The topological polar surface area (TPSA) is 38.3 Å². The predicted molar refractivity (Wildman–Crippen MR) is 90.0 cm³/mol. The molecule has 2 aromatic rings. The zero-order chi connectivity index (χ0) is 16.1. The number of ether oxygens (including phenoxy) is 1. The van der Waals surface area contributed by atoms with E-state index >= 15 is 0 Å². The summed E-state index contributed by atoms with van der Waals surface area (Å²) in [5, 5.41) is 3.76. The van der Waals surface area contributed by atoms with Gasteiger partial charge in [-0.15, -0.1) is 0 Å². The van der Waals surface area contributed by atoms with Crippen LogP contribution in [0.1, 0.15) is 35.8 Å². The summed E-state index contributed by atoms with van der Waals surface area (Å²) in [6.45, 7) is 4.47. The third-order valence-corrected chi connectivity index (χ3v) is 3.78. The van der Waals surface area contributed by atoms with Gasteiger partial charge in [0.25, 0.3) is 5.91 Å². The number of benzene rings is 2. The monoisotopic (exact) mass is 337 g/mol. The van der Waals surface area contributed by atoms with Crippen LogP contribution in [-0.4, -0.2) is 12.5 Å². The van der Waals surface area contributed by atoms with Gasteiger partial charge in [-0.25, -0.2) is 0 Å². The van der Waals surface area contributed by atoms with E-state index in [0.29, 0.717) is 22.2 Å². The van der Waals surface area contributed by atoms with Crippen LogP contribution < -0.4 is 10.1 Å². The molecule has 0 aliphatic rings. The molecule has 0 spiro atoms. The van der Waals surface area contributed by atoms with Crippen LogP contribution in [0.5, 0.6) is 5.75 Å². The lowest BCUT2D eigenvalue weighted by atomic mass is 10.1. The lowest BCUT2D eigenvalue weighted by Gasteiger charge is -2.15. The first-order valence-corrected chi connectivity index (χ1v) is 7.75. The molecule has 0 heterocycles. The maximum absolute atomic E-state index is 12.3. The van der Waals surface area contributed by atoms with Gasteiger partial charge < -0.3 is 10.1 Å². The smallest absolute Gasteiger partial charge is 0.253 e. The number of nitrogens with one attached hydrogen (secondary N) is 1. The Morgan fingerprint density at radius 1 is 1.18 bits per heavy atom. The summed E-state index contributed by atoms with van der Waals surface area (Å²) < 4.78 is 5.40. The highest BCUT2D eigenvalue weighted by Gasteiger charge is 2.14. The lowest BCUT2D eigenvalue weighted by molar-refractivity contribution is 0.0940. The van der Waals surface area contributed by atoms with Crippen molar-refractivity contribution in [1.82, 2.24) is 5.32 Å². The molecule has 22 heavy (non-hydrogen) atoms.